The van der Waals surface area contributed by atoms with Crippen molar-refractivity contribution in [3.8, 4) is 0 Å². The van der Waals surface area contributed by atoms with Crippen molar-refractivity contribution < 1.29 is 0 Å². The van der Waals surface area contributed by atoms with Gasteiger partial charge in [-0.15, -0.1) is 0 Å². The molecule has 3 aromatic rings. The zero-order valence-electron chi connectivity index (χ0n) is 11.2. The highest BCUT2D eigenvalue weighted by Crippen LogP contribution is 2.33. The number of halogens is 3. The van der Waals surface area contributed by atoms with E-state index in [1.165, 1.54) is 21.9 Å². The smallest absolute Gasteiger partial charge is 0.0548 e. The van der Waals surface area contributed by atoms with Crippen LogP contribution in [0.1, 0.15) is 16.0 Å². The molecule has 1 unspecified atom stereocenters. The second-order valence-electron chi connectivity index (χ2n) is 4.98. The molecule has 0 heterocycles. The van der Waals surface area contributed by atoms with Crippen LogP contribution in [0.3, 0.4) is 0 Å². The SMILES string of the molecule is Clc1ccc(C(Br)Cc2cccc3ccccc23)cc1Br. The predicted molar refractivity (Wildman–Crippen MR) is 98.5 cm³/mol. The molecule has 21 heavy (non-hydrogen) atoms. The lowest BCUT2D eigenvalue weighted by molar-refractivity contribution is 0.956. The van der Waals surface area contributed by atoms with Crippen LogP contribution >= 0.6 is 43.5 Å². The van der Waals surface area contributed by atoms with Crippen LogP contribution in [0, 0.1) is 0 Å². The topological polar surface area (TPSA) is 0 Å². The minimum absolute atomic E-state index is 0.261. The molecule has 0 aliphatic rings. The maximum atomic E-state index is 6.06. The van der Waals surface area contributed by atoms with Crippen molar-refractivity contribution >= 4 is 54.2 Å². The van der Waals surface area contributed by atoms with Crippen LogP contribution < -0.4 is 0 Å². The quantitative estimate of drug-likeness (QED) is 0.400. The molecular formula is C18H13Br2Cl. The van der Waals surface area contributed by atoms with E-state index in [1.807, 2.05) is 6.07 Å². The molecule has 106 valence electrons. The molecule has 0 aromatic heterocycles. The van der Waals surface area contributed by atoms with E-state index in [0.717, 1.165) is 15.9 Å². The van der Waals surface area contributed by atoms with E-state index in [-0.39, 0.29) is 4.83 Å². The van der Waals surface area contributed by atoms with Crippen molar-refractivity contribution in [1.29, 1.82) is 0 Å². The zero-order chi connectivity index (χ0) is 14.8. The van der Waals surface area contributed by atoms with Gasteiger partial charge < -0.3 is 0 Å². The molecule has 3 heteroatoms. The molecule has 0 fully saturated rings. The summed E-state index contributed by atoms with van der Waals surface area (Å²) in [4.78, 5) is 0.261. The van der Waals surface area contributed by atoms with Gasteiger partial charge in [0.15, 0.2) is 0 Å². The number of hydrogen-bond acceptors (Lipinski definition) is 0. The van der Waals surface area contributed by atoms with Crippen molar-refractivity contribution in [2.24, 2.45) is 0 Å². The van der Waals surface area contributed by atoms with Crippen LogP contribution in [0.2, 0.25) is 5.02 Å². The van der Waals surface area contributed by atoms with Gasteiger partial charge in [-0.3, -0.25) is 0 Å². The van der Waals surface area contributed by atoms with Gasteiger partial charge >= 0.3 is 0 Å². The summed E-state index contributed by atoms with van der Waals surface area (Å²) in [6.45, 7) is 0. The van der Waals surface area contributed by atoms with Crippen molar-refractivity contribution in [2.75, 3.05) is 0 Å². The lowest BCUT2D eigenvalue weighted by Crippen LogP contribution is -1.96. The summed E-state index contributed by atoms with van der Waals surface area (Å²) in [5.74, 6) is 0. The van der Waals surface area contributed by atoms with Crippen molar-refractivity contribution in [3.63, 3.8) is 0 Å². The molecule has 3 aromatic carbocycles. The monoisotopic (exact) mass is 422 g/mol. The van der Waals surface area contributed by atoms with E-state index < -0.39 is 0 Å². The van der Waals surface area contributed by atoms with Gasteiger partial charge in [0.05, 0.1) is 5.02 Å². The second-order valence-corrected chi connectivity index (χ2v) is 7.35. The molecular weight excluding hydrogens is 411 g/mol. The lowest BCUT2D eigenvalue weighted by atomic mass is 9.98. The van der Waals surface area contributed by atoms with E-state index in [4.69, 9.17) is 11.6 Å². The summed E-state index contributed by atoms with van der Waals surface area (Å²) < 4.78 is 0.934. The summed E-state index contributed by atoms with van der Waals surface area (Å²) in [6.07, 6.45) is 0.940. The van der Waals surface area contributed by atoms with E-state index >= 15 is 0 Å². The molecule has 0 spiro atoms. The number of rotatable bonds is 3. The Morgan fingerprint density at radius 3 is 2.52 bits per heavy atom. The first-order valence-electron chi connectivity index (χ1n) is 6.71. The van der Waals surface area contributed by atoms with Gasteiger partial charge in [0.1, 0.15) is 0 Å². The third-order valence-corrected chi connectivity index (χ3v) is 5.65. The van der Waals surface area contributed by atoms with Crippen molar-refractivity contribution in [3.05, 3.63) is 81.3 Å². The molecule has 0 aliphatic heterocycles. The number of hydrogen-bond donors (Lipinski definition) is 0. The molecule has 0 radical (unpaired) electrons. The van der Waals surface area contributed by atoms with Crippen LogP contribution in [-0.2, 0) is 6.42 Å². The van der Waals surface area contributed by atoms with Gasteiger partial charge in [-0.1, -0.05) is 76.1 Å². The maximum absolute atomic E-state index is 6.06. The van der Waals surface area contributed by atoms with Crippen LogP contribution in [0.5, 0.6) is 0 Å². The molecule has 3 rings (SSSR count). The lowest BCUT2D eigenvalue weighted by Gasteiger charge is -2.13. The summed E-state index contributed by atoms with van der Waals surface area (Å²) in [7, 11) is 0. The van der Waals surface area contributed by atoms with Crippen LogP contribution in [0.25, 0.3) is 10.8 Å². The molecule has 0 amide bonds. The Balaban J connectivity index is 1.92. The normalized spacial score (nSPS) is 12.5. The van der Waals surface area contributed by atoms with Gasteiger partial charge in [0, 0.05) is 9.30 Å². The fourth-order valence-electron chi connectivity index (χ4n) is 2.49. The van der Waals surface area contributed by atoms with Crippen LogP contribution in [0.15, 0.2) is 65.1 Å². The number of alkyl halides is 1. The van der Waals surface area contributed by atoms with Gasteiger partial charge in [-0.25, -0.2) is 0 Å². The van der Waals surface area contributed by atoms with E-state index in [1.54, 1.807) is 0 Å². The summed E-state index contributed by atoms with van der Waals surface area (Å²) in [6, 6.07) is 21.0. The predicted octanol–water partition coefficient (Wildman–Crippen LogP) is 6.93. The number of fused-ring (bicyclic) bond motifs is 1. The molecule has 0 nitrogen and oxygen atoms in total. The first kappa shape index (κ1) is 15.1. The van der Waals surface area contributed by atoms with Crippen LogP contribution in [0.4, 0.5) is 0 Å². The molecule has 0 aliphatic carbocycles. The molecule has 0 saturated carbocycles. The first-order valence-corrected chi connectivity index (χ1v) is 8.79. The van der Waals surface area contributed by atoms with Crippen molar-refractivity contribution in [2.45, 2.75) is 11.2 Å². The Morgan fingerprint density at radius 2 is 1.71 bits per heavy atom. The minimum Gasteiger partial charge on any atom is -0.0835 e. The van der Waals surface area contributed by atoms with Crippen molar-refractivity contribution in [1.82, 2.24) is 0 Å². The molecule has 1 atom stereocenters. The van der Waals surface area contributed by atoms with Gasteiger partial charge in [-0.2, -0.15) is 0 Å². The first-order chi connectivity index (χ1) is 10.1. The Hall–Kier alpha value is -0.830. The molecule has 0 saturated heterocycles. The third kappa shape index (κ3) is 3.33. The minimum atomic E-state index is 0.261. The van der Waals surface area contributed by atoms with E-state index in [0.29, 0.717) is 0 Å². The maximum Gasteiger partial charge on any atom is 0.0548 e. The average Bonchev–Trinajstić information content (AvgIpc) is 2.50. The summed E-state index contributed by atoms with van der Waals surface area (Å²) in [5, 5.41) is 3.34. The fraction of sp³-hybridized carbons (Fsp3) is 0.111. The molecule has 0 bridgehead atoms. The largest absolute Gasteiger partial charge is 0.0835 e. The third-order valence-electron chi connectivity index (χ3n) is 3.58. The Morgan fingerprint density at radius 1 is 0.952 bits per heavy atom. The fourth-order valence-corrected chi connectivity index (χ4v) is 3.64. The summed E-state index contributed by atoms with van der Waals surface area (Å²) >= 11 is 13.4. The van der Waals surface area contributed by atoms with E-state index in [9.17, 15) is 0 Å². The Labute approximate surface area is 146 Å². The highest BCUT2D eigenvalue weighted by Gasteiger charge is 2.12. The van der Waals surface area contributed by atoms with Gasteiger partial charge in [0.25, 0.3) is 0 Å². The Bertz CT molecular complexity index is 778. The van der Waals surface area contributed by atoms with E-state index in [2.05, 4.69) is 86.5 Å². The summed E-state index contributed by atoms with van der Waals surface area (Å²) in [5.41, 5.74) is 2.57. The molecule has 0 N–H and O–H groups in total. The number of benzene rings is 3. The second kappa shape index (κ2) is 6.51. The van der Waals surface area contributed by atoms with Gasteiger partial charge in [-0.05, 0) is 56.4 Å². The van der Waals surface area contributed by atoms with Crippen LogP contribution in [-0.4, -0.2) is 0 Å². The van der Waals surface area contributed by atoms with Gasteiger partial charge in [0.2, 0.25) is 0 Å². The highest BCUT2D eigenvalue weighted by molar-refractivity contribution is 9.10. The highest BCUT2D eigenvalue weighted by atomic mass is 79.9. The average molecular weight is 425 g/mol. The Kier molecular flexibility index (Phi) is 4.68. The zero-order valence-corrected chi connectivity index (χ0v) is 15.1. The standard InChI is InChI=1S/C18H13Br2Cl/c19-16(14-8-9-18(21)17(20)11-14)10-13-6-3-5-12-4-1-2-7-15(12)13/h1-9,11,16H,10H2.